The second kappa shape index (κ2) is 11.3. The molecule has 0 aromatic heterocycles. The maximum atomic E-state index is 13.6. The Morgan fingerprint density at radius 1 is 0.921 bits per heavy atom. The van der Waals surface area contributed by atoms with E-state index in [4.69, 9.17) is 14.2 Å². The summed E-state index contributed by atoms with van der Waals surface area (Å²) in [5.74, 6) is 0.761. The lowest BCUT2D eigenvalue weighted by Crippen LogP contribution is -2.23. The first-order chi connectivity index (χ1) is 18.0. The number of nitrogens with one attached hydrogen (secondary N) is 1. The average Bonchev–Trinajstić information content (AvgIpc) is 3.27. The number of methoxy groups -OCH3 is 2. The number of rotatable bonds is 9. The third-order valence-corrected chi connectivity index (χ3v) is 8.30. The summed E-state index contributed by atoms with van der Waals surface area (Å²) in [7, 11) is 0.879. The molecular weight excluding hydrogens is 541 g/mol. The van der Waals surface area contributed by atoms with Gasteiger partial charge in [-0.1, -0.05) is 11.8 Å². The minimum atomic E-state index is -4.64. The van der Waals surface area contributed by atoms with Crippen LogP contribution in [0.2, 0.25) is 0 Å². The summed E-state index contributed by atoms with van der Waals surface area (Å²) in [5.41, 5.74) is -0.977. The van der Waals surface area contributed by atoms with Crippen molar-refractivity contribution in [2.45, 2.75) is 33.4 Å². The second-order valence-electron chi connectivity index (χ2n) is 8.70. The highest BCUT2D eigenvalue weighted by Crippen LogP contribution is 2.39. The summed E-state index contributed by atoms with van der Waals surface area (Å²) in [6, 6.07) is 14.6. The lowest BCUT2D eigenvalue weighted by molar-refractivity contribution is -0.139. The lowest BCUT2D eigenvalue weighted by Gasteiger charge is -2.19. The zero-order valence-corrected chi connectivity index (χ0v) is 22.5. The van der Waals surface area contributed by atoms with Crippen LogP contribution in [0.15, 0.2) is 75.4 Å². The topological polar surface area (TPSA) is 77.1 Å². The molecule has 0 radical (unpaired) electrons. The van der Waals surface area contributed by atoms with Gasteiger partial charge in [0.1, 0.15) is 11.9 Å². The molecule has 3 aromatic carbocycles. The number of hydrogen-bond acceptors (Lipinski definition) is 7. The van der Waals surface area contributed by atoms with Gasteiger partial charge in [0.05, 0.1) is 30.4 Å². The number of benzene rings is 3. The molecule has 3 aromatic rings. The third kappa shape index (κ3) is 6.66. The third-order valence-electron chi connectivity index (χ3n) is 5.91. The number of hydrogen-bond donors (Lipinski definition) is 1. The summed E-state index contributed by atoms with van der Waals surface area (Å²) in [5, 5.41) is 0. The zero-order valence-electron chi connectivity index (χ0n) is 20.9. The summed E-state index contributed by atoms with van der Waals surface area (Å²) in [4.78, 5) is 3.57. The smallest absolute Gasteiger partial charge is 0.419 e. The van der Waals surface area contributed by atoms with E-state index in [1.807, 2.05) is 24.1 Å². The van der Waals surface area contributed by atoms with Gasteiger partial charge in [0.2, 0.25) is 0 Å². The van der Waals surface area contributed by atoms with E-state index in [1.54, 1.807) is 25.3 Å². The molecule has 12 heteroatoms. The van der Waals surface area contributed by atoms with Gasteiger partial charge in [0, 0.05) is 28.9 Å². The van der Waals surface area contributed by atoms with Crippen LogP contribution in [-0.4, -0.2) is 53.8 Å². The Morgan fingerprint density at radius 2 is 1.61 bits per heavy atom. The van der Waals surface area contributed by atoms with Crippen LogP contribution in [0, 0.1) is 0 Å². The Labute approximate surface area is 223 Å². The minimum absolute atomic E-state index is 0.0249. The number of nitrogens with zero attached hydrogens (tertiary/aromatic N) is 1. The van der Waals surface area contributed by atoms with Gasteiger partial charge in [0.25, 0.3) is 10.0 Å². The standard InChI is InChI=1S/C26H27F3N2O5S2/c1-31-13-12-18(16-31)36-24-14-17(4-10-22(24)26(27,28)29)30-38(32,33)21-8-5-19(6-9-21)37-20-7-11-23(34-2)25(15-20)35-3/h4-11,14-15,18,30H,12-13,16H2,1-3H3. The molecule has 38 heavy (non-hydrogen) atoms. The van der Waals surface area contributed by atoms with Crippen molar-refractivity contribution in [1.29, 1.82) is 0 Å². The molecular formula is C26H27F3N2O5S2. The fourth-order valence-corrected chi connectivity index (χ4v) is 5.90. The molecule has 1 fully saturated rings. The number of sulfonamides is 1. The van der Waals surface area contributed by atoms with Crippen LogP contribution in [0.5, 0.6) is 17.2 Å². The largest absolute Gasteiger partial charge is 0.493 e. The summed E-state index contributed by atoms with van der Waals surface area (Å²) in [6.07, 6.45) is -4.47. The molecule has 1 unspecified atom stereocenters. The molecule has 0 bridgehead atoms. The summed E-state index contributed by atoms with van der Waals surface area (Å²) < 4.78 is 85.2. The van der Waals surface area contributed by atoms with Gasteiger partial charge in [-0.05, 0) is 68.1 Å². The highest BCUT2D eigenvalue weighted by atomic mass is 32.2. The SMILES string of the molecule is COc1ccc(Sc2ccc(S(=O)(=O)Nc3ccc(C(F)(F)F)c(OC4CCN(C)C4)c3)cc2)cc1OC. The first kappa shape index (κ1) is 27.9. The molecule has 204 valence electrons. The Bertz CT molecular complexity index is 1380. The Balaban J connectivity index is 1.51. The van der Waals surface area contributed by atoms with Gasteiger partial charge < -0.3 is 19.1 Å². The molecule has 1 atom stereocenters. The van der Waals surface area contributed by atoms with Crippen molar-refractivity contribution in [3.8, 4) is 17.2 Å². The zero-order chi connectivity index (χ0) is 27.5. The Kier molecular flexibility index (Phi) is 8.34. The Morgan fingerprint density at radius 3 is 2.21 bits per heavy atom. The minimum Gasteiger partial charge on any atom is -0.493 e. The molecule has 4 rings (SSSR count). The van der Waals surface area contributed by atoms with Crippen LogP contribution >= 0.6 is 11.8 Å². The molecule has 7 nitrogen and oxygen atoms in total. The van der Waals surface area contributed by atoms with Gasteiger partial charge in [-0.3, -0.25) is 4.72 Å². The van der Waals surface area contributed by atoms with Crippen LogP contribution in [0.1, 0.15) is 12.0 Å². The van der Waals surface area contributed by atoms with E-state index in [0.717, 1.165) is 28.0 Å². The van der Waals surface area contributed by atoms with Crippen molar-refractivity contribution in [3.05, 3.63) is 66.2 Å². The molecule has 0 amide bonds. The quantitative estimate of drug-likeness (QED) is 0.352. The summed E-state index contributed by atoms with van der Waals surface area (Å²) in [6.45, 7) is 1.19. The van der Waals surface area contributed by atoms with E-state index in [1.165, 1.54) is 31.0 Å². The predicted molar refractivity (Wildman–Crippen MR) is 139 cm³/mol. The number of alkyl halides is 3. The normalized spacial score (nSPS) is 16.3. The molecule has 0 aliphatic carbocycles. The number of halogens is 3. The van der Waals surface area contributed by atoms with Gasteiger partial charge in [-0.15, -0.1) is 0 Å². The lowest BCUT2D eigenvalue weighted by atomic mass is 10.1. The molecule has 1 heterocycles. The van der Waals surface area contributed by atoms with Crippen molar-refractivity contribution in [2.24, 2.45) is 0 Å². The van der Waals surface area contributed by atoms with E-state index in [0.29, 0.717) is 31.0 Å². The molecule has 0 spiro atoms. The van der Waals surface area contributed by atoms with E-state index in [-0.39, 0.29) is 10.6 Å². The first-order valence-corrected chi connectivity index (χ1v) is 13.9. The Hall–Kier alpha value is -3.09. The van der Waals surface area contributed by atoms with Crippen LogP contribution in [-0.2, 0) is 16.2 Å². The fourth-order valence-electron chi connectivity index (χ4n) is 4.00. The average molecular weight is 569 g/mol. The molecule has 1 N–H and O–H groups in total. The van der Waals surface area contributed by atoms with E-state index in [9.17, 15) is 21.6 Å². The highest BCUT2D eigenvalue weighted by molar-refractivity contribution is 7.99. The number of ether oxygens (including phenoxy) is 3. The van der Waals surface area contributed by atoms with Crippen LogP contribution in [0.4, 0.5) is 18.9 Å². The van der Waals surface area contributed by atoms with Crippen LogP contribution in [0.3, 0.4) is 0 Å². The van der Waals surface area contributed by atoms with Crippen molar-refractivity contribution >= 4 is 27.5 Å². The van der Waals surface area contributed by atoms with E-state index in [2.05, 4.69) is 4.72 Å². The fraction of sp³-hybridized carbons (Fsp3) is 0.308. The van der Waals surface area contributed by atoms with Gasteiger partial charge in [-0.2, -0.15) is 13.2 Å². The molecule has 1 aliphatic heterocycles. The van der Waals surface area contributed by atoms with Crippen LogP contribution < -0.4 is 18.9 Å². The number of likely N-dealkylation sites (N-methyl/N-ethyl adjacent to an activating group) is 1. The number of anilines is 1. The second-order valence-corrected chi connectivity index (χ2v) is 11.5. The first-order valence-electron chi connectivity index (χ1n) is 11.6. The monoisotopic (exact) mass is 568 g/mol. The maximum absolute atomic E-state index is 13.6. The van der Waals surface area contributed by atoms with E-state index < -0.39 is 33.6 Å². The molecule has 1 aliphatic rings. The van der Waals surface area contributed by atoms with Crippen molar-refractivity contribution < 1.29 is 35.8 Å². The van der Waals surface area contributed by atoms with Crippen molar-refractivity contribution in [3.63, 3.8) is 0 Å². The van der Waals surface area contributed by atoms with Gasteiger partial charge in [0.15, 0.2) is 11.5 Å². The van der Waals surface area contributed by atoms with Crippen molar-refractivity contribution in [2.75, 3.05) is 39.1 Å². The summed E-state index contributed by atoms with van der Waals surface area (Å²) >= 11 is 1.40. The highest BCUT2D eigenvalue weighted by Gasteiger charge is 2.36. The predicted octanol–water partition coefficient (Wildman–Crippen LogP) is 5.76. The van der Waals surface area contributed by atoms with Crippen molar-refractivity contribution in [1.82, 2.24) is 4.90 Å². The number of likely N-dealkylation sites (tertiary alicyclic amines) is 1. The molecule has 1 saturated heterocycles. The van der Waals surface area contributed by atoms with Gasteiger partial charge >= 0.3 is 6.18 Å². The van der Waals surface area contributed by atoms with E-state index >= 15 is 0 Å². The molecule has 0 saturated carbocycles. The van der Waals surface area contributed by atoms with Gasteiger partial charge in [-0.25, -0.2) is 8.42 Å². The van der Waals surface area contributed by atoms with Crippen LogP contribution in [0.25, 0.3) is 0 Å². The maximum Gasteiger partial charge on any atom is 0.419 e.